The largest absolute Gasteiger partial charge is 0.361 e. The van der Waals surface area contributed by atoms with Crippen LogP contribution < -0.4 is 5.32 Å². The number of benzene rings is 1. The Morgan fingerprint density at radius 2 is 2.25 bits per heavy atom. The molecule has 0 spiro atoms. The molecule has 1 aliphatic rings. The lowest BCUT2D eigenvalue weighted by Crippen LogP contribution is -2.37. The van der Waals surface area contributed by atoms with Crippen molar-refractivity contribution in [3.63, 3.8) is 0 Å². The average molecular weight is 342 g/mol. The van der Waals surface area contributed by atoms with E-state index in [2.05, 4.69) is 16.9 Å². The van der Waals surface area contributed by atoms with Crippen LogP contribution in [0.2, 0.25) is 0 Å². The van der Waals surface area contributed by atoms with Gasteiger partial charge in [0.15, 0.2) is 5.11 Å². The van der Waals surface area contributed by atoms with E-state index in [0.717, 1.165) is 10.9 Å². The number of fused-ring (bicyclic) bond motifs is 1. The van der Waals surface area contributed by atoms with E-state index >= 15 is 0 Å². The lowest BCUT2D eigenvalue weighted by atomic mass is 10.1. The molecule has 1 saturated heterocycles. The van der Waals surface area contributed by atoms with E-state index < -0.39 is 6.04 Å². The van der Waals surface area contributed by atoms with Gasteiger partial charge < -0.3 is 15.2 Å². The highest BCUT2D eigenvalue weighted by Gasteiger charge is 2.40. The summed E-state index contributed by atoms with van der Waals surface area (Å²) in [4.78, 5) is 30.9. The van der Waals surface area contributed by atoms with E-state index in [1.807, 2.05) is 30.5 Å². The molecule has 24 heavy (non-hydrogen) atoms. The predicted molar refractivity (Wildman–Crippen MR) is 97.6 cm³/mol. The molecule has 0 saturated carbocycles. The van der Waals surface area contributed by atoms with Crippen molar-refractivity contribution < 1.29 is 9.59 Å². The van der Waals surface area contributed by atoms with Crippen LogP contribution in [0.15, 0.2) is 43.1 Å². The van der Waals surface area contributed by atoms with Crippen molar-refractivity contribution >= 4 is 45.7 Å². The minimum absolute atomic E-state index is 0.0416. The van der Waals surface area contributed by atoms with Crippen LogP contribution in [0.1, 0.15) is 6.42 Å². The maximum Gasteiger partial charge on any atom is 0.251 e. The number of hydrogen-bond donors (Lipinski definition) is 2. The number of thiocarbonyl (C=S) groups is 1. The molecule has 0 aliphatic carbocycles. The van der Waals surface area contributed by atoms with Gasteiger partial charge >= 0.3 is 0 Å². The van der Waals surface area contributed by atoms with Crippen molar-refractivity contribution in [3.8, 4) is 0 Å². The first-order valence-corrected chi connectivity index (χ1v) is 7.98. The van der Waals surface area contributed by atoms with Crippen molar-refractivity contribution in [1.29, 1.82) is 0 Å². The molecule has 1 aliphatic heterocycles. The smallest absolute Gasteiger partial charge is 0.251 e. The second-order valence-corrected chi connectivity index (χ2v) is 6.03. The third kappa shape index (κ3) is 2.90. The fraction of sp³-hybridized carbons (Fsp3) is 0.235. The Kier molecular flexibility index (Phi) is 4.35. The Labute approximate surface area is 145 Å². The third-order valence-corrected chi connectivity index (χ3v) is 4.58. The summed E-state index contributed by atoms with van der Waals surface area (Å²) in [6.07, 6.45) is 3.56. The zero-order valence-corrected chi connectivity index (χ0v) is 14.1. The van der Waals surface area contributed by atoms with Gasteiger partial charge in [0.25, 0.3) is 5.91 Å². The standard InChI is InChI=1S/C17H18N4O2S/c1-3-8-21-14(16(23)20(2)17(21)24)10-15(22)19-12-5-4-11-6-7-18-13(11)9-12/h3-7,9,14,18H,1,8,10H2,2H3,(H,19,22). The first-order chi connectivity index (χ1) is 11.5. The molecule has 1 fully saturated rings. The van der Waals surface area contributed by atoms with Crippen LogP contribution in [0.5, 0.6) is 0 Å². The maximum atomic E-state index is 12.4. The second-order valence-electron chi connectivity index (χ2n) is 5.67. The predicted octanol–water partition coefficient (Wildman–Crippen LogP) is 2.11. The summed E-state index contributed by atoms with van der Waals surface area (Å²) in [5.74, 6) is -0.400. The maximum absolute atomic E-state index is 12.4. The summed E-state index contributed by atoms with van der Waals surface area (Å²) < 4.78 is 0. The zero-order valence-electron chi connectivity index (χ0n) is 13.3. The Morgan fingerprint density at radius 3 is 3.00 bits per heavy atom. The fourth-order valence-electron chi connectivity index (χ4n) is 2.83. The van der Waals surface area contributed by atoms with Gasteiger partial charge in [0.2, 0.25) is 5.91 Å². The quantitative estimate of drug-likeness (QED) is 0.645. The number of carbonyl (C=O) groups is 2. The van der Waals surface area contributed by atoms with Gasteiger partial charge in [0.1, 0.15) is 6.04 Å². The summed E-state index contributed by atoms with van der Waals surface area (Å²) in [5.41, 5.74) is 1.63. The molecule has 1 unspecified atom stereocenters. The molecule has 3 rings (SSSR count). The van der Waals surface area contributed by atoms with Gasteiger partial charge in [0, 0.05) is 31.0 Å². The monoisotopic (exact) mass is 342 g/mol. The SMILES string of the molecule is C=CCN1C(=S)N(C)C(=O)C1CC(=O)Nc1ccc2cc[nH]c2c1. The van der Waals surface area contributed by atoms with Gasteiger partial charge in [-0.2, -0.15) is 0 Å². The van der Waals surface area contributed by atoms with Crippen LogP contribution in [-0.2, 0) is 9.59 Å². The minimum atomic E-state index is -0.588. The number of hydrogen-bond acceptors (Lipinski definition) is 3. The van der Waals surface area contributed by atoms with Gasteiger partial charge in [-0.1, -0.05) is 12.1 Å². The highest BCUT2D eigenvalue weighted by molar-refractivity contribution is 7.80. The first kappa shape index (κ1) is 16.2. The molecule has 2 amide bonds. The van der Waals surface area contributed by atoms with Crippen LogP contribution >= 0.6 is 12.2 Å². The first-order valence-electron chi connectivity index (χ1n) is 7.57. The fourth-order valence-corrected chi connectivity index (χ4v) is 3.12. The van der Waals surface area contributed by atoms with E-state index in [1.165, 1.54) is 4.90 Å². The molecule has 2 aromatic rings. The zero-order chi connectivity index (χ0) is 17.3. The molecule has 1 aromatic carbocycles. The molecule has 1 atom stereocenters. The summed E-state index contributed by atoms with van der Waals surface area (Å²) in [7, 11) is 1.62. The molecule has 7 heteroatoms. The summed E-state index contributed by atoms with van der Waals surface area (Å²) >= 11 is 5.26. The Hall–Kier alpha value is -2.67. The van der Waals surface area contributed by atoms with Crippen LogP contribution in [0.3, 0.4) is 0 Å². The highest BCUT2D eigenvalue weighted by Crippen LogP contribution is 2.21. The minimum Gasteiger partial charge on any atom is -0.361 e. The van der Waals surface area contributed by atoms with E-state index in [0.29, 0.717) is 17.3 Å². The Balaban J connectivity index is 1.72. The molecule has 2 N–H and O–H groups in total. The molecule has 1 aromatic heterocycles. The normalized spacial score (nSPS) is 17.6. The van der Waals surface area contributed by atoms with Crippen LogP contribution in [0.25, 0.3) is 10.9 Å². The topological polar surface area (TPSA) is 68.4 Å². The molecule has 6 nitrogen and oxygen atoms in total. The van der Waals surface area contributed by atoms with E-state index in [-0.39, 0.29) is 18.2 Å². The lowest BCUT2D eigenvalue weighted by molar-refractivity contribution is -0.129. The van der Waals surface area contributed by atoms with Gasteiger partial charge in [-0.15, -0.1) is 6.58 Å². The number of likely N-dealkylation sites (N-methyl/N-ethyl adjacent to an activating group) is 1. The van der Waals surface area contributed by atoms with Crippen molar-refractivity contribution in [2.45, 2.75) is 12.5 Å². The van der Waals surface area contributed by atoms with E-state index in [4.69, 9.17) is 12.2 Å². The number of rotatable bonds is 5. The van der Waals surface area contributed by atoms with E-state index in [9.17, 15) is 9.59 Å². The number of aromatic nitrogens is 1. The lowest BCUT2D eigenvalue weighted by Gasteiger charge is -2.21. The van der Waals surface area contributed by atoms with Crippen molar-refractivity contribution in [2.75, 3.05) is 18.9 Å². The van der Waals surface area contributed by atoms with E-state index in [1.54, 1.807) is 18.0 Å². The van der Waals surface area contributed by atoms with Crippen molar-refractivity contribution in [2.24, 2.45) is 0 Å². The summed E-state index contributed by atoms with van der Waals surface area (Å²) in [6, 6.07) is 7.00. The molecular formula is C17H18N4O2S. The summed E-state index contributed by atoms with van der Waals surface area (Å²) in [6.45, 7) is 4.11. The number of anilines is 1. The molecule has 0 bridgehead atoms. The molecule has 2 heterocycles. The number of nitrogens with zero attached hydrogens (tertiary/aromatic N) is 2. The highest BCUT2D eigenvalue weighted by atomic mass is 32.1. The molecule has 0 radical (unpaired) electrons. The number of carbonyl (C=O) groups excluding carboxylic acids is 2. The number of amides is 2. The van der Waals surface area contributed by atoms with Crippen molar-refractivity contribution in [1.82, 2.24) is 14.8 Å². The number of H-pyrrole nitrogens is 1. The Morgan fingerprint density at radius 1 is 1.46 bits per heavy atom. The van der Waals surface area contributed by atoms with Crippen molar-refractivity contribution in [3.05, 3.63) is 43.1 Å². The van der Waals surface area contributed by atoms with Crippen LogP contribution in [-0.4, -0.2) is 51.3 Å². The van der Waals surface area contributed by atoms with Gasteiger partial charge in [-0.05, 0) is 35.8 Å². The molecule has 124 valence electrons. The van der Waals surface area contributed by atoms with Gasteiger partial charge in [0.05, 0.1) is 6.42 Å². The van der Waals surface area contributed by atoms with Crippen LogP contribution in [0.4, 0.5) is 5.69 Å². The second kappa shape index (κ2) is 6.45. The van der Waals surface area contributed by atoms with Gasteiger partial charge in [-0.25, -0.2) is 0 Å². The van der Waals surface area contributed by atoms with Gasteiger partial charge in [-0.3, -0.25) is 14.5 Å². The third-order valence-electron chi connectivity index (χ3n) is 4.07. The average Bonchev–Trinajstić information content (AvgIpc) is 3.09. The van der Waals surface area contributed by atoms with Crippen LogP contribution in [0, 0.1) is 0 Å². The number of aromatic amines is 1. The molecular weight excluding hydrogens is 324 g/mol. The summed E-state index contributed by atoms with van der Waals surface area (Å²) in [5, 5.41) is 4.33. The Bertz CT molecular complexity index is 829. The number of nitrogens with one attached hydrogen (secondary N) is 2.